The number of hydrogen-bond acceptors (Lipinski definition) is 2. The van der Waals surface area contributed by atoms with Gasteiger partial charge in [-0.1, -0.05) is 47.6 Å². The van der Waals surface area contributed by atoms with Crippen molar-refractivity contribution < 1.29 is 9.53 Å². The lowest BCUT2D eigenvalue weighted by atomic mass is 9.73. The molecule has 0 aromatic heterocycles. The molecule has 1 aliphatic carbocycles. The molecular weight excluding hydrogens is 272 g/mol. The van der Waals surface area contributed by atoms with Crippen LogP contribution < -0.4 is 0 Å². The van der Waals surface area contributed by atoms with Crippen molar-refractivity contribution in [3.8, 4) is 0 Å². The van der Waals surface area contributed by atoms with Crippen LogP contribution in [0.1, 0.15) is 46.5 Å². The molecule has 120 valence electrons. The molecule has 1 aliphatic heterocycles. The van der Waals surface area contributed by atoms with Gasteiger partial charge in [-0.05, 0) is 52.4 Å². The molecule has 0 saturated carbocycles. The highest BCUT2D eigenvalue weighted by Gasteiger charge is 2.39. The fraction of sp³-hybridized carbons (Fsp3) is 0.550. The molecule has 2 aliphatic rings. The Morgan fingerprint density at radius 2 is 2.14 bits per heavy atom. The lowest BCUT2D eigenvalue weighted by Gasteiger charge is -2.36. The van der Waals surface area contributed by atoms with Gasteiger partial charge in [0.15, 0.2) is 0 Å². The summed E-state index contributed by atoms with van der Waals surface area (Å²) < 4.78 is 5.46. The number of fused-ring (bicyclic) bond motifs is 1. The third kappa shape index (κ3) is 4.22. The molecule has 0 aromatic carbocycles. The van der Waals surface area contributed by atoms with Crippen molar-refractivity contribution in [1.82, 2.24) is 0 Å². The number of carbonyl (C=O) groups is 1. The lowest BCUT2D eigenvalue weighted by molar-refractivity contribution is -0.157. The SMILES string of the molecule is C=C1CC/C=C(\C)CC[C@@H]2[C@H](/C=C/C=C(C)C)C(=O)OC[C@@H]12. The lowest BCUT2D eigenvalue weighted by Crippen LogP contribution is -2.39. The smallest absolute Gasteiger partial charge is 0.313 e. The Morgan fingerprint density at radius 3 is 2.86 bits per heavy atom. The largest absolute Gasteiger partial charge is 0.465 e. The second-order valence-electron chi connectivity index (χ2n) is 6.84. The maximum Gasteiger partial charge on any atom is 0.313 e. The van der Waals surface area contributed by atoms with Gasteiger partial charge in [-0.25, -0.2) is 0 Å². The Morgan fingerprint density at radius 1 is 1.36 bits per heavy atom. The third-order valence-electron chi connectivity index (χ3n) is 4.76. The molecule has 0 aromatic rings. The first kappa shape index (κ1) is 16.8. The van der Waals surface area contributed by atoms with Crippen LogP contribution in [-0.4, -0.2) is 12.6 Å². The molecule has 0 bridgehead atoms. The van der Waals surface area contributed by atoms with Crippen LogP contribution in [0.15, 0.2) is 47.6 Å². The molecule has 0 unspecified atom stereocenters. The molecule has 1 heterocycles. The number of hydrogen-bond donors (Lipinski definition) is 0. The molecule has 0 amide bonds. The second-order valence-corrected chi connectivity index (χ2v) is 6.84. The fourth-order valence-electron chi connectivity index (χ4n) is 3.39. The molecule has 1 saturated heterocycles. The van der Waals surface area contributed by atoms with E-state index < -0.39 is 0 Å². The number of carbonyl (C=O) groups excluding carboxylic acids is 1. The highest BCUT2D eigenvalue weighted by atomic mass is 16.5. The Bertz CT molecular complexity index is 518. The minimum atomic E-state index is -0.142. The van der Waals surface area contributed by atoms with Gasteiger partial charge >= 0.3 is 5.97 Å². The number of rotatable bonds is 2. The van der Waals surface area contributed by atoms with Crippen molar-refractivity contribution >= 4 is 5.97 Å². The maximum absolute atomic E-state index is 12.3. The zero-order chi connectivity index (χ0) is 16.1. The van der Waals surface area contributed by atoms with E-state index >= 15 is 0 Å². The van der Waals surface area contributed by atoms with Crippen molar-refractivity contribution in [1.29, 1.82) is 0 Å². The molecule has 2 heteroatoms. The van der Waals surface area contributed by atoms with E-state index in [1.165, 1.54) is 16.7 Å². The van der Waals surface area contributed by atoms with E-state index in [0.29, 0.717) is 18.4 Å². The van der Waals surface area contributed by atoms with E-state index in [1.807, 2.05) is 18.2 Å². The van der Waals surface area contributed by atoms with Crippen LogP contribution in [-0.2, 0) is 9.53 Å². The van der Waals surface area contributed by atoms with Crippen LogP contribution in [0.5, 0.6) is 0 Å². The van der Waals surface area contributed by atoms with Crippen molar-refractivity contribution in [2.45, 2.75) is 46.5 Å². The molecule has 0 radical (unpaired) electrons. The van der Waals surface area contributed by atoms with Crippen LogP contribution in [0.4, 0.5) is 0 Å². The van der Waals surface area contributed by atoms with Crippen molar-refractivity contribution in [2.75, 3.05) is 6.61 Å². The van der Waals surface area contributed by atoms with Crippen LogP contribution >= 0.6 is 0 Å². The minimum Gasteiger partial charge on any atom is -0.465 e. The molecule has 0 spiro atoms. The first-order chi connectivity index (χ1) is 10.5. The van der Waals surface area contributed by atoms with Gasteiger partial charge in [0.25, 0.3) is 0 Å². The van der Waals surface area contributed by atoms with E-state index in [2.05, 4.69) is 33.4 Å². The van der Waals surface area contributed by atoms with E-state index in [-0.39, 0.29) is 11.9 Å². The van der Waals surface area contributed by atoms with E-state index in [1.54, 1.807) is 0 Å². The molecule has 2 nitrogen and oxygen atoms in total. The summed E-state index contributed by atoms with van der Waals surface area (Å²) in [4.78, 5) is 12.3. The highest BCUT2D eigenvalue weighted by molar-refractivity contribution is 5.76. The summed E-state index contributed by atoms with van der Waals surface area (Å²) in [5.74, 6) is 0.403. The average Bonchev–Trinajstić information content (AvgIpc) is 2.52. The number of esters is 1. The average molecular weight is 300 g/mol. The molecular formula is C20H28O2. The summed E-state index contributed by atoms with van der Waals surface area (Å²) in [6, 6.07) is 0. The molecule has 2 rings (SSSR count). The van der Waals surface area contributed by atoms with Crippen LogP contribution in [0.3, 0.4) is 0 Å². The zero-order valence-corrected chi connectivity index (χ0v) is 14.1. The Balaban J connectivity index is 2.24. The quantitative estimate of drug-likeness (QED) is 0.408. The molecule has 0 N–H and O–H groups in total. The van der Waals surface area contributed by atoms with E-state index in [0.717, 1.165) is 25.7 Å². The van der Waals surface area contributed by atoms with Gasteiger partial charge in [-0.15, -0.1) is 0 Å². The van der Waals surface area contributed by atoms with Crippen LogP contribution in [0, 0.1) is 17.8 Å². The second kappa shape index (κ2) is 7.62. The summed E-state index contributed by atoms with van der Waals surface area (Å²) in [5.41, 5.74) is 3.90. The standard InChI is InChI=1S/C20H28O2/c1-14(2)7-5-10-18-17-12-11-15(3)8-6-9-16(4)19(17)13-22-20(18)21/h5,7-8,10,17-19H,4,6,9,11-13H2,1-3H3/b10-5+,15-8+/t17-,18+,19+/m1/s1. The Labute approximate surface area is 134 Å². The third-order valence-corrected chi connectivity index (χ3v) is 4.76. The van der Waals surface area contributed by atoms with Crippen molar-refractivity contribution in [2.24, 2.45) is 17.8 Å². The number of allylic oxidation sites excluding steroid dienone is 5. The maximum atomic E-state index is 12.3. The predicted molar refractivity (Wildman–Crippen MR) is 91.4 cm³/mol. The van der Waals surface area contributed by atoms with Gasteiger partial charge < -0.3 is 4.74 Å². The summed E-state index contributed by atoms with van der Waals surface area (Å²) in [7, 11) is 0. The topological polar surface area (TPSA) is 26.3 Å². The molecule has 3 atom stereocenters. The normalized spacial score (nSPS) is 32.1. The number of ether oxygens (including phenoxy) is 1. The fourth-order valence-corrected chi connectivity index (χ4v) is 3.39. The summed E-state index contributed by atoms with van der Waals surface area (Å²) in [5, 5.41) is 0. The highest BCUT2D eigenvalue weighted by Crippen LogP contribution is 2.39. The first-order valence-electron chi connectivity index (χ1n) is 8.30. The van der Waals surface area contributed by atoms with Gasteiger partial charge in [0.05, 0.1) is 12.5 Å². The summed E-state index contributed by atoms with van der Waals surface area (Å²) >= 11 is 0. The van der Waals surface area contributed by atoms with Gasteiger partial charge in [0.2, 0.25) is 0 Å². The summed E-state index contributed by atoms with van der Waals surface area (Å²) in [6.45, 7) is 11.1. The summed E-state index contributed by atoms with van der Waals surface area (Å²) in [6.07, 6.45) is 12.5. The van der Waals surface area contributed by atoms with E-state index in [9.17, 15) is 4.79 Å². The van der Waals surface area contributed by atoms with E-state index in [4.69, 9.17) is 4.74 Å². The molecule has 22 heavy (non-hydrogen) atoms. The monoisotopic (exact) mass is 300 g/mol. The zero-order valence-electron chi connectivity index (χ0n) is 14.1. The van der Waals surface area contributed by atoms with Crippen LogP contribution in [0.2, 0.25) is 0 Å². The number of cyclic esters (lactones) is 1. The van der Waals surface area contributed by atoms with Crippen LogP contribution in [0.25, 0.3) is 0 Å². The van der Waals surface area contributed by atoms with Crippen molar-refractivity contribution in [3.05, 3.63) is 47.6 Å². The van der Waals surface area contributed by atoms with Gasteiger partial charge in [-0.2, -0.15) is 0 Å². The minimum absolute atomic E-state index is 0.0756. The predicted octanol–water partition coefficient (Wildman–Crippen LogP) is 4.99. The van der Waals surface area contributed by atoms with Gasteiger partial charge in [-0.3, -0.25) is 4.79 Å². The van der Waals surface area contributed by atoms with Crippen molar-refractivity contribution in [3.63, 3.8) is 0 Å². The Kier molecular flexibility index (Phi) is 5.82. The molecule has 1 fully saturated rings. The van der Waals surface area contributed by atoms with Gasteiger partial charge in [0.1, 0.15) is 0 Å². The first-order valence-corrected chi connectivity index (χ1v) is 8.30. The Hall–Kier alpha value is -1.57. The van der Waals surface area contributed by atoms with Gasteiger partial charge in [0, 0.05) is 5.92 Å².